The second kappa shape index (κ2) is 11.5. The minimum absolute atomic E-state index is 0.0131. The molecule has 1 aromatic rings. The molecule has 0 spiro atoms. The average molecular weight is 616 g/mol. The molecule has 1 saturated heterocycles. The summed E-state index contributed by atoms with van der Waals surface area (Å²) in [4.78, 5) is 47.6. The molecule has 1 aliphatic rings. The number of hydrogen-bond acceptors (Lipinski definition) is 6. The van der Waals surface area contributed by atoms with E-state index in [9.17, 15) is 32.3 Å². The van der Waals surface area contributed by atoms with Crippen molar-refractivity contribution in [2.75, 3.05) is 6.54 Å². The number of alkyl halides is 3. The fourth-order valence-electron chi connectivity index (χ4n) is 3.12. The first-order valence-electron chi connectivity index (χ1n) is 9.90. The summed E-state index contributed by atoms with van der Waals surface area (Å²) in [6, 6.07) is 1.98. The molecule has 0 saturated carbocycles. The molecule has 2 amide bonds. The van der Waals surface area contributed by atoms with Gasteiger partial charge in [0.15, 0.2) is 6.10 Å². The molecule has 0 bridgehead atoms. The number of halogens is 5. The van der Waals surface area contributed by atoms with Crippen LogP contribution in [0.1, 0.15) is 42.6 Å². The molecule has 1 fully saturated rings. The Labute approximate surface area is 209 Å². The lowest BCUT2D eigenvalue weighted by molar-refractivity contribution is -0.145. The van der Waals surface area contributed by atoms with Gasteiger partial charge in [-0.1, -0.05) is 29.8 Å². The normalized spacial score (nSPS) is 16.9. The molecule has 2 atom stereocenters. The van der Waals surface area contributed by atoms with E-state index in [1.54, 1.807) is 0 Å². The number of benzene rings is 1. The van der Waals surface area contributed by atoms with E-state index in [0.717, 1.165) is 6.07 Å². The van der Waals surface area contributed by atoms with Crippen molar-refractivity contribution in [3.05, 3.63) is 32.2 Å². The summed E-state index contributed by atoms with van der Waals surface area (Å²) in [5, 5.41) is 13.6. The fraction of sp³-hybridized carbons (Fsp3) is 0.474. The van der Waals surface area contributed by atoms with Crippen LogP contribution in [-0.4, -0.2) is 54.6 Å². The van der Waals surface area contributed by atoms with E-state index in [2.05, 4.69) is 42.5 Å². The molecule has 186 valence electrons. The molecule has 15 heteroatoms. The second-order valence-electron chi connectivity index (χ2n) is 7.83. The van der Waals surface area contributed by atoms with Gasteiger partial charge in [0.25, 0.3) is 5.91 Å². The van der Waals surface area contributed by atoms with Gasteiger partial charge in [0.1, 0.15) is 0 Å². The first kappa shape index (κ1) is 28.1. The standard InChI is InChI=1S/C19H20BBr2F3N2O7/c1-8(2)3-13(20-33-12(6-15(29)30)18(32)34-20)27-14(28)7-26-17(31)10-4-9(21)5-11(16(10)22)19(23,24)25/h4-5,8,12-13H,3,6-7H2,1-2H3,(H,26,31)(H,27,28)(H,29,30)/t12?,13-/m0/s1. The summed E-state index contributed by atoms with van der Waals surface area (Å²) in [6.45, 7) is 3.07. The molecule has 0 aromatic heterocycles. The maximum atomic E-state index is 13.2. The van der Waals surface area contributed by atoms with Crippen LogP contribution in [0.5, 0.6) is 0 Å². The van der Waals surface area contributed by atoms with E-state index in [1.165, 1.54) is 6.07 Å². The number of amides is 2. The summed E-state index contributed by atoms with van der Waals surface area (Å²) < 4.78 is 49.5. The van der Waals surface area contributed by atoms with E-state index in [0.29, 0.717) is 6.42 Å². The van der Waals surface area contributed by atoms with Crippen molar-refractivity contribution >= 4 is 62.7 Å². The Morgan fingerprint density at radius 2 is 1.88 bits per heavy atom. The van der Waals surface area contributed by atoms with Gasteiger partial charge in [0.2, 0.25) is 5.91 Å². The summed E-state index contributed by atoms with van der Waals surface area (Å²) in [5.74, 6) is -4.62. The third kappa shape index (κ3) is 7.70. The maximum absolute atomic E-state index is 13.2. The lowest BCUT2D eigenvalue weighted by Crippen LogP contribution is -2.50. The van der Waals surface area contributed by atoms with Gasteiger partial charge >= 0.3 is 25.2 Å². The summed E-state index contributed by atoms with van der Waals surface area (Å²) in [7, 11) is -1.23. The van der Waals surface area contributed by atoms with E-state index in [4.69, 9.17) is 14.4 Å². The van der Waals surface area contributed by atoms with E-state index in [1.807, 2.05) is 13.8 Å². The van der Waals surface area contributed by atoms with Crippen LogP contribution in [-0.2, 0) is 29.9 Å². The summed E-state index contributed by atoms with van der Waals surface area (Å²) in [5.41, 5.74) is -1.40. The Hall–Kier alpha value is -2.13. The van der Waals surface area contributed by atoms with Gasteiger partial charge in [-0.2, -0.15) is 13.2 Å². The Kier molecular flexibility index (Phi) is 9.54. The number of carbonyl (C=O) groups excluding carboxylic acids is 3. The molecule has 2 rings (SSSR count). The van der Waals surface area contributed by atoms with E-state index < -0.39 is 72.1 Å². The molecule has 9 nitrogen and oxygen atoms in total. The van der Waals surface area contributed by atoms with Crippen LogP contribution >= 0.6 is 31.9 Å². The smallest absolute Gasteiger partial charge is 0.506 e. The predicted octanol–water partition coefficient (Wildman–Crippen LogP) is 2.94. The van der Waals surface area contributed by atoms with E-state index >= 15 is 0 Å². The maximum Gasteiger partial charge on any atom is 0.552 e. The highest BCUT2D eigenvalue weighted by molar-refractivity contribution is 9.11. The van der Waals surface area contributed by atoms with Crippen molar-refractivity contribution in [3.8, 4) is 0 Å². The molecule has 1 unspecified atom stereocenters. The zero-order valence-corrected chi connectivity index (χ0v) is 21.0. The monoisotopic (exact) mass is 614 g/mol. The van der Waals surface area contributed by atoms with Gasteiger partial charge < -0.3 is 25.0 Å². The van der Waals surface area contributed by atoms with Crippen LogP contribution in [0.4, 0.5) is 13.2 Å². The number of carboxylic acids is 1. The zero-order chi connectivity index (χ0) is 25.8. The van der Waals surface area contributed by atoms with Crippen molar-refractivity contribution in [2.45, 2.75) is 44.9 Å². The Bertz CT molecular complexity index is 978. The Morgan fingerprint density at radius 1 is 1.24 bits per heavy atom. The molecular weight excluding hydrogens is 596 g/mol. The number of nitrogens with one attached hydrogen (secondary N) is 2. The van der Waals surface area contributed by atoms with Gasteiger partial charge in [-0.3, -0.25) is 19.2 Å². The molecular formula is C19H20BBr2F3N2O7. The van der Waals surface area contributed by atoms with Gasteiger partial charge in [-0.15, -0.1) is 0 Å². The van der Waals surface area contributed by atoms with Gasteiger partial charge in [0.05, 0.1) is 30.0 Å². The molecule has 1 heterocycles. The van der Waals surface area contributed by atoms with Crippen LogP contribution in [0, 0.1) is 5.92 Å². The molecule has 3 N–H and O–H groups in total. The minimum atomic E-state index is -4.71. The minimum Gasteiger partial charge on any atom is -0.506 e. The number of carboxylic acid groups (broad SMARTS) is 1. The highest BCUT2D eigenvalue weighted by Gasteiger charge is 2.46. The third-order valence-corrected chi connectivity index (χ3v) is 5.86. The largest absolute Gasteiger partial charge is 0.552 e. The fourth-order valence-corrected chi connectivity index (χ4v) is 4.21. The number of rotatable bonds is 9. The molecule has 0 radical (unpaired) electrons. The highest BCUT2D eigenvalue weighted by atomic mass is 79.9. The Balaban J connectivity index is 2.06. The summed E-state index contributed by atoms with van der Waals surface area (Å²) in [6.07, 6.45) is -6.33. The number of aliphatic carboxylic acids is 1. The Morgan fingerprint density at radius 3 is 2.44 bits per heavy atom. The average Bonchev–Trinajstić information content (AvgIpc) is 3.05. The first-order valence-corrected chi connectivity index (χ1v) is 11.5. The predicted molar refractivity (Wildman–Crippen MR) is 120 cm³/mol. The van der Waals surface area contributed by atoms with Crippen molar-refractivity contribution in [3.63, 3.8) is 0 Å². The molecule has 0 aliphatic carbocycles. The van der Waals surface area contributed by atoms with Gasteiger partial charge in [-0.25, -0.2) is 0 Å². The first-order chi connectivity index (χ1) is 15.7. The second-order valence-corrected chi connectivity index (χ2v) is 9.54. The van der Waals surface area contributed by atoms with Gasteiger partial charge in [0, 0.05) is 8.95 Å². The van der Waals surface area contributed by atoms with Crippen molar-refractivity contribution in [2.24, 2.45) is 5.92 Å². The molecule has 1 aliphatic heterocycles. The number of hydrogen-bond donors (Lipinski definition) is 3. The SMILES string of the molecule is CC(C)C[C@H](NC(=O)CNC(=O)c1cc(Br)cc(C(F)(F)F)c1Br)B1OC(=O)C(CC(=O)O)O1. The quantitative estimate of drug-likeness (QED) is 0.364. The third-order valence-electron chi connectivity index (χ3n) is 4.55. The van der Waals surface area contributed by atoms with Crippen molar-refractivity contribution in [1.82, 2.24) is 10.6 Å². The van der Waals surface area contributed by atoms with Crippen LogP contribution in [0.25, 0.3) is 0 Å². The van der Waals surface area contributed by atoms with Crippen LogP contribution in [0.3, 0.4) is 0 Å². The highest BCUT2D eigenvalue weighted by Crippen LogP contribution is 2.38. The molecule has 34 heavy (non-hydrogen) atoms. The van der Waals surface area contributed by atoms with Crippen molar-refractivity contribution in [1.29, 1.82) is 0 Å². The summed E-state index contributed by atoms with van der Waals surface area (Å²) >= 11 is 5.72. The lowest BCUT2D eigenvalue weighted by atomic mass is 9.74. The van der Waals surface area contributed by atoms with Crippen LogP contribution in [0.2, 0.25) is 0 Å². The topological polar surface area (TPSA) is 131 Å². The van der Waals surface area contributed by atoms with Crippen molar-refractivity contribution < 1.29 is 46.8 Å². The van der Waals surface area contributed by atoms with Gasteiger partial charge in [-0.05, 0) is 40.4 Å². The van der Waals surface area contributed by atoms with Crippen LogP contribution in [0.15, 0.2) is 21.1 Å². The zero-order valence-electron chi connectivity index (χ0n) is 17.9. The molecule has 1 aromatic carbocycles. The lowest BCUT2D eigenvalue weighted by Gasteiger charge is -2.21. The van der Waals surface area contributed by atoms with E-state index in [-0.39, 0.29) is 16.0 Å². The number of carbonyl (C=O) groups is 4. The van der Waals surface area contributed by atoms with Crippen LogP contribution < -0.4 is 10.6 Å².